The number of aromatic nitrogens is 3. The van der Waals surface area contributed by atoms with E-state index in [0.717, 1.165) is 56.0 Å². The number of hydrogen-bond donors (Lipinski definition) is 0. The standard InChI is InChI=1S/C34H21N3O2/c1-3-11-30-24(8-1)25-16-14-22(34-36-29-10-2-4-12-33(29)39-34)20-31(25)37(30)23-15-17-26(32-13-7-19-38-32)27(21-23)28-9-5-6-18-35-28/h1-21H. The zero-order chi connectivity index (χ0) is 25.8. The third-order valence-electron chi connectivity index (χ3n) is 7.20. The Morgan fingerprint density at radius 2 is 1.51 bits per heavy atom. The largest absolute Gasteiger partial charge is 0.464 e. The van der Waals surface area contributed by atoms with Crippen molar-refractivity contribution < 1.29 is 8.83 Å². The van der Waals surface area contributed by atoms with Crippen molar-refractivity contribution in [3.63, 3.8) is 0 Å². The summed E-state index contributed by atoms with van der Waals surface area (Å²) >= 11 is 0. The predicted molar refractivity (Wildman–Crippen MR) is 155 cm³/mol. The third-order valence-corrected chi connectivity index (χ3v) is 7.20. The first-order valence-electron chi connectivity index (χ1n) is 12.8. The van der Waals surface area contributed by atoms with Gasteiger partial charge in [-0.3, -0.25) is 4.98 Å². The summed E-state index contributed by atoms with van der Waals surface area (Å²) in [6.07, 6.45) is 3.52. The molecule has 184 valence electrons. The van der Waals surface area contributed by atoms with E-state index in [1.807, 2.05) is 60.8 Å². The molecule has 0 aliphatic carbocycles. The van der Waals surface area contributed by atoms with E-state index in [0.29, 0.717) is 5.89 Å². The minimum Gasteiger partial charge on any atom is -0.464 e. The van der Waals surface area contributed by atoms with E-state index in [2.05, 4.69) is 70.2 Å². The quantitative estimate of drug-likeness (QED) is 0.241. The average Bonchev–Trinajstić information content (AvgIpc) is 3.75. The second kappa shape index (κ2) is 8.57. The Bertz CT molecular complexity index is 2090. The summed E-state index contributed by atoms with van der Waals surface area (Å²) < 4.78 is 14.2. The van der Waals surface area contributed by atoms with Gasteiger partial charge in [0.05, 0.1) is 23.0 Å². The van der Waals surface area contributed by atoms with Crippen molar-refractivity contribution in [2.24, 2.45) is 0 Å². The molecule has 0 aliphatic heterocycles. The SMILES string of the molecule is c1ccc(-c2cc(-n3c4ccccc4c4ccc(-c5nc6ccccc6o5)cc43)ccc2-c2ccco2)nc1. The van der Waals surface area contributed by atoms with Crippen LogP contribution < -0.4 is 0 Å². The molecule has 0 spiro atoms. The molecule has 0 saturated heterocycles. The fourth-order valence-electron chi connectivity index (χ4n) is 5.43. The van der Waals surface area contributed by atoms with Gasteiger partial charge in [0.1, 0.15) is 11.3 Å². The minimum absolute atomic E-state index is 0.609. The molecule has 0 unspecified atom stereocenters. The van der Waals surface area contributed by atoms with Crippen molar-refractivity contribution in [2.75, 3.05) is 0 Å². The van der Waals surface area contributed by atoms with E-state index >= 15 is 0 Å². The number of nitrogens with zero attached hydrogens (tertiary/aromatic N) is 3. The Balaban J connectivity index is 1.39. The molecule has 5 nitrogen and oxygen atoms in total. The van der Waals surface area contributed by atoms with Crippen molar-refractivity contribution in [1.29, 1.82) is 0 Å². The fraction of sp³-hybridized carbons (Fsp3) is 0. The lowest BCUT2D eigenvalue weighted by Crippen LogP contribution is -1.96. The second-order valence-electron chi connectivity index (χ2n) is 9.49. The summed E-state index contributed by atoms with van der Waals surface area (Å²) in [4.78, 5) is 9.41. The van der Waals surface area contributed by atoms with Crippen LogP contribution in [0.15, 0.2) is 137 Å². The highest BCUT2D eigenvalue weighted by Gasteiger charge is 2.18. The maximum absolute atomic E-state index is 6.12. The highest BCUT2D eigenvalue weighted by atomic mass is 16.3. The van der Waals surface area contributed by atoms with Gasteiger partial charge in [-0.05, 0) is 72.8 Å². The molecule has 0 saturated carbocycles. The van der Waals surface area contributed by atoms with Crippen LogP contribution in [0.1, 0.15) is 0 Å². The van der Waals surface area contributed by atoms with Gasteiger partial charge in [-0.2, -0.15) is 0 Å². The summed E-state index contributed by atoms with van der Waals surface area (Å²) in [5.74, 6) is 1.42. The van der Waals surface area contributed by atoms with Crippen molar-refractivity contribution in [1.82, 2.24) is 14.5 Å². The molecule has 5 heteroatoms. The minimum atomic E-state index is 0.609. The molecular weight excluding hydrogens is 482 g/mol. The molecule has 0 aliphatic rings. The zero-order valence-corrected chi connectivity index (χ0v) is 20.8. The number of rotatable bonds is 4. The molecule has 0 bridgehead atoms. The number of benzene rings is 4. The van der Waals surface area contributed by atoms with Gasteiger partial charge in [0.15, 0.2) is 5.58 Å². The van der Waals surface area contributed by atoms with Crippen LogP contribution >= 0.6 is 0 Å². The first-order valence-corrected chi connectivity index (χ1v) is 12.8. The Labute approximate surface area is 223 Å². The van der Waals surface area contributed by atoms with Crippen LogP contribution in [-0.4, -0.2) is 14.5 Å². The van der Waals surface area contributed by atoms with Gasteiger partial charge in [0.2, 0.25) is 5.89 Å². The zero-order valence-electron chi connectivity index (χ0n) is 20.8. The van der Waals surface area contributed by atoms with Crippen molar-refractivity contribution in [3.05, 3.63) is 128 Å². The molecule has 0 atom stereocenters. The number of furan rings is 1. The lowest BCUT2D eigenvalue weighted by Gasteiger charge is -2.13. The van der Waals surface area contributed by atoms with Crippen LogP contribution in [0, 0.1) is 0 Å². The second-order valence-corrected chi connectivity index (χ2v) is 9.49. The highest BCUT2D eigenvalue weighted by Crippen LogP contribution is 2.38. The van der Waals surface area contributed by atoms with Gasteiger partial charge in [-0.1, -0.05) is 42.5 Å². The van der Waals surface area contributed by atoms with E-state index in [4.69, 9.17) is 13.8 Å². The first-order chi connectivity index (χ1) is 19.3. The van der Waals surface area contributed by atoms with Crippen molar-refractivity contribution in [3.8, 4) is 39.7 Å². The average molecular weight is 504 g/mol. The van der Waals surface area contributed by atoms with Crippen LogP contribution in [0.2, 0.25) is 0 Å². The first kappa shape index (κ1) is 21.6. The lowest BCUT2D eigenvalue weighted by molar-refractivity contribution is 0.582. The van der Waals surface area contributed by atoms with E-state index in [1.54, 1.807) is 6.26 Å². The molecule has 4 heterocycles. The number of oxazole rings is 1. The van der Waals surface area contributed by atoms with Crippen LogP contribution in [0.25, 0.3) is 72.6 Å². The summed E-state index contributed by atoms with van der Waals surface area (Å²) in [7, 11) is 0. The Morgan fingerprint density at radius 1 is 0.641 bits per heavy atom. The van der Waals surface area contributed by atoms with Crippen molar-refractivity contribution in [2.45, 2.75) is 0 Å². The molecule has 8 rings (SSSR count). The normalized spacial score (nSPS) is 11.6. The lowest BCUT2D eigenvalue weighted by atomic mass is 10.0. The summed E-state index contributed by atoms with van der Waals surface area (Å²) in [5.41, 5.74) is 8.68. The smallest absolute Gasteiger partial charge is 0.227 e. The Kier molecular flexibility index (Phi) is 4.76. The number of hydrogen-bond acceptors (Lipinski definition) is 4. The Morgan fingerprint density at radius 3 is 2.38 bits per heavy atom. The number of para-hydroxylation sites is 3. The third kappa shape index (κ3) is 3.48. The van der Waals surface area contributed by atoms with Crippen LogP contribution in [-0.2, 0) is 0 Å². The van der Waals surface area contributed by atoms with Crippen LogP contribution in [0.3, 0.4) is 0 Å². The molecule has 4 aromatic heterocycles. The summed E-state index contributed by atoms with van der Waals surface area (Å²) in [6, 6.07) is 39.1. The van der Waals surface area contributed by atoms with Crippen molar-refractivity contribution >= 4 is 32.9 Å². The van der Waals surface area contributed by atoms with E-state index < -0.39 is 0 Å². The van der Waals surface area contributed by atoms with Gasteiger partial charge in [0, 0.05) is 39.3 Å². The molecule has 39 heavy (non-hydrogen) atoms. The van der Waals surface area contributed by atoms with Gasteiger partial charge < -0.3 is 13.4 Å². The maximum atomic E-state index is 6.12. The molecule has 0 N–H and O–H groups in total. The number of fused-ring (bicyclic) bond motifs is 4. The fourth-order valence-corrected chi connectivity index (χ4v) is 5.43. The van der Waals surface area contributed by atoms with Gasteiger partial charge in [0.25, 0.3) is 0 Å². The van der Waals surface area contributed by atoms with Gasteiger partial charge >= 0.3 is 0 Å². The molecule has 0 fully saturated rings. The number of pyridine rings is 1. The predicted octanol–water partition coefficient (Wildman–Crippen LogP) is 8.91. The van der Waals surface area contributed by atoms with E-state index in [9.17, 15) is 0 Å². The summed E-state index contributed by atoms with van der Waals surface area (Å²) in [5, 5.41) is 2.35. The molecule has 8 aromatic rings. The maximum Gasteiger partial charge on any atom is 0.227 e. The molecule has 0 radical (unpaired) electrons. The molecular formula is C34H21N3O2. The van der Waals surface area contributed by atoms with Crippen LogP contribution in [0.5, 0.6) is 0 Å². The van der Waals surface area contributed by atoms with Gasteiger partial charge in [-0.25, -0.2) is 4.98 Å². The molecule has 0 amide bonds. The summed E-state index contributed by atoms with van der Waals surface area (Å²) in [6.45, 7) is 0. The van der Waals surface area contributed by atoms with E-state index in [1.165, 1.54) is 10.8 Å². The Hall–Kier alpha value is -5.42. The monoisotopic (exact) mass is 503 g/mol. The van der Waals surface area contributed by atoms with Gasteiger partial charge in [-0.15, -0.1) is 0 Å². The van der Waals surface area contributed by atoms with E-state index in [-0.39, 0.29) is 0 Å². The highest BCUT2D eigenvalue weighted by molar-refractivity contribution is 6.10. The van der Waals surface area contributed by atoms with Crippen LogP contribution in [0.4, 0.5) is 0 Å². The molecule has 4 aromatic carbocycles. The topological polar surface area (TPSA) is 57.0 Å².